The third kappa shape index (κ3) is 3.80. The average Bonchev–Trinajstić information content (AvgIpc) is 2.64. The van der Waals surface area contributed by atoms with Gasteiger partial charge in [-0.25, -0.2) is 0 Å². The van der Waals surface area contributed by atoms with Gasteiger partial charge in [-0.15, -0.1) is 0 Å². The largest absolute Gasteiger partial charge is 0.389 e. The van der Waals surface area contributed by atoms with Gasteiger partial charge in [0.15, 0.2) is 0 Å². The Labute approximate surface area is 117 Å². The van der Waals surface area contributed by atoms with E-state index in [1.165, 1.54) is 11.3 Å². The molecule has 0 aliphatic rings. The van der Waals surface area contributed by atoms with Crippen LogP contribution in [0.15, 0.2) is 0 Å². The maximum atomic E-state index is 10.4. The van der Waals surface area contributed by atoms with Crippen LogP contribution in [-0.4, -0.2) is 27.0 Å². The Kier molecular flexibility index (Phi) is 5.56. The molecule has 0 amide bonds. The normalized spacial score (nSPS) is 16.4. The first-order valence-corrected chi connectivity index (χ1v) is 7.29. The van der Waals surface area contributed by atoms with E-state index >= 15 is 0 Å². The van der Waals surface area contributed by atoms with E-state index in [0.717, 1.165) is 25.2 Å². The second-order valence-electron chi connectivity index (χ2n) is 5.74. The highest BCUT2D eigenvalue weighted by atomic mass is 16.3. The van der Waals surface area contributed by atoms with E-state index in [2.05, 4.69) is 38.1 Å². The number of rotatable bonds is 7. The van der Waals surface area contributed by atoms with Crippen LogP contribution in [0.1, 0.15) is 51.1 Å². The van der Waals surface area contributed by atoms with E-state index in [-0.39, 0.29) is 0 Å². The minimum absolute atomic E-state index is 0.292. The summed E-state index contributed by atoms with van der Waals surface area (Å²) in [6.45, 7) is 14.6. The van der Waals surface area contributed by atoms with Crippen LogP contribution in [0.25, 0.3) is 0 Å². The second kappa shape index (κ2) is 6.53. The lowest BCUT2D eigenvalue weighted by Gasteiger charge is -2.30. The van der Waals surface area contributed by atoms with Crippen LogP contribution in [-0.2, 0) is 13.1 Å². The van der Waals surface area contributed by atoms with Crippen molar-refractivity contribution in [3.8, 4) is 0 Å². The average molecular weight is 267 g/mol. The van der Waals surface area contributed by atoms with E-state index < -0.39 is 5.60 Å². The monoisotopic (exact) mass is 267 g/mol. The first-order valence-electron chi connectivity index (χ1n) is 7.29. The lowest BCUT2D eigenvalue weighted by Crippen LogP contribution is -2.42. The third-order valence-electron chi connectivity index (χ3n) is 4.29. The molecule has 0 fully saturated rings. The minimum atomic E-state index is -0.655. The van der Waals surface area contributed by atoms with Gasteiger partial charge in [0.25, 0.3) is 0 Å². The predicted molar refractivity (Wildman–Crippen MR) is 79.2 cm³/mol. The summed E-state index contributed by atoms with van der Waals surface area (Å²) in [5.74, 6) is 0.292. The summed E-state index contributed by atoms with van der Waals surface area (Å²) in [6.07, 6.45) is 0.987. The van der Waals surface area contributed by atoms with Crippen molar-refractivity contribution in [3.63, 3.8) is 0 Å². The number of aryl methyl sites for hydroxylation is 2. The molecule has 0 bridgehead atoms. The van der Waals surface area contributed by atoms with Crippen molar-refractivity contribution in [2.45, 2.75) is 66.7 Å². The van der Waals surface area contributed by atoms with Crippen molar-refractivity contribution >= 4 is 0 Å². The highest BCUT2D eigenvalue weighted by Crippen LogP contribution is 2.19. The minimum Gasteiger partial charge on any atom is -0.389 e. The molecular weight excluding hydrogens is 238 g/mol. The summed E-state index contributed by atoms with van der Waals surface area (Å²) < 4.78 is 2.03. The number of hydrogen-bond acceptors (Lipinski definition) is 3. The van der Waals surface area contributed by atoms with Crippen molar-refractivity contribution in [2.75, 3.05) is 6.54 Å². The molecule has 4 nitrogen and oxygen atoms in total. The molecule has 0 spiro atoms. The van der Waals surface area contributed by atoms with Crippen LogP contribution >= 0.6 is 0 Å². The summed E-state index contributed by atoms with van der Waals surface area (Å²) in [7, 11) is 0. The molecule has 1 aromatic rings. The van der Waals surface area contributed by atoms with Crippen molar-refractivity contribution in [1.29, 1.82) is 0 Å². The van der Waals surface area contributed by atoms with Gasteiger partial charge < -0.3 is 10.4 Å². The zero-order valence-corrected chi connectivity index (χ0v) is 13.2. The Morgan fingerprint density at radius 3 is 2.47 bits per heavy atom. The highest BCUT2D eigenvalue weighted by molar-refractivity contribution is 5.24. The number of aromatic nitrogens is 2. The molecular formula is C15H29N3O. The van der Waals surface area contributed by atoms with Gasteiger partial charge in [0.1, 0.15) is 0 Å². The smallest absolute Gasteiger partial charge is 0.0768 e. The van der Waals surface area contributed by atoms with Gasteiger partial charge in [0.2, 0.25) is 0 Å². The fraction of sp³-hybridized carbons (Fsp3) is 0.800. The summed E-state index contributed by atoms with van der Waals surface area (Å²) in [5.41, 5.74) is 2.89. The number of hydrogen-bond donors (Lipinski definition) is 2. The van der Waals surface area contributed by atoms with Gasteiger partial charge in [0, 0.05) is 30.9 Å². The molecule has 110 valence electrons. The van der Waals surface area contributed by atoms with Gasteiger partial charge in [-0.1, -0.05) is 20.3 Å². The first-order chi connectivity index (χ1) is 8.83. The summed E-state index contributed by atoms with van der Waals surface area (Å²) >= 11 is 0. The predicted octanol–water partition coefficient (Wildman–Crippen LogP) is 2.41. The highest BCUT2D eigenvalue weighted by Gasteiger charge is 2.26. The molecule has 4 heteroatoms. The molecule has 19 heavy (non-hydrogen) atoms. The first kappa shape index (κ1) is 16.2. The molecule has 0 saturated carbocycles. The molecule has 2 unspecified atom stereocenters. The van der Waals surface area contributed by atoms with Crippen LogP contribution in [0.5, 0.6) is 0 Å². The van der Waals surface area contributed by atoms with Crippen molar-refractivity contribution in [3.05, 3.63) is 17.0 Å². The van der Waals surface area contributed by atoms with E-state index in [1.54, 1.807) is 0 Å². The standard InChI is InChI=1S/C15H29N3O/c1-7-11(3)15(6,19)10-16-9-14-12(4)17-18(8-2)13(14)5/h11,16,19H,7-10H2,1-6H3. The van der Waals surface area contributed by atoms with Gasteiger partial charge in [-0.05, 0) is 33.6 Å². The Bertz CT molecular complexity index is 410. The zero-order chi connectivity index (χ0) is 14.6. The van der Waals surface area contributed by atoms with Gasteiger partial charge >= 0.3 is 0 Å². The Morgan fingerprint density at radius 2 is 2.00 bits per heavy atom. The lowest BCUT2D eigenvalue weighted by molar-refractivity contribution is 0.00532. The molecule has 1 rings (SSSR count). The molecule has 0 aliphatic heterocycles. The lowest BCUT2D eigenvalue weighted by atomic mass is 9.88. The Balaban J connectivity index is 2.61. The second-order valence-corrected chi connectivity index (χ2v) is 5.74. The van der Waals surface area contributed by atoms with Crippen LogP contribution in [0.4, 0.5) is 0 Å². The molecule has 0 radical (unpaired) electrons. The summed E-state index contributed by atoms with van der Waals surface area (Å²) in [4.78, 5) is 0. The van der Waals surface area contributed by atoms with Gasteiger partial charge in [-0.2, -0.15) is 5.10 Å². The van der Waals surface area contributed by atoms with E-state index in [1.807, 2.05) is 18.5 Å². The number of nitrogens with one attached hydrogen (secondary N) is 1. The van der Waals surface area contributed by atoms with Crippen molar-refractivity contribution in [1.82, 2.24) is 15.1 Å². The van der Waals surface area contributed by atoms with E-state index in [4.69, 9.17) is 0 Å². The van der Waals surface area contributed by atoms with Crippen LogP contribution < -0.4 is 5.32 Å². The zero-order valence-electron chi connectivity index (χ0n) is 13.2. The molecule has 2 atom stereocenters. The molecule has 1 heterocycles. The quantitative estimate of drug-likeness (QED) is 0.797. The molecule has 0 saturated heterocycles. The maximum absolute atomic E-state index is 10.4. The number of nitrogens with zero attached hydrogens (tertiary/aromatic N) is 2. The third-order valence-corrected chi connectivity index (χ3v) is 4.29. The summed E-state index contributed by atoms with van der Waals surface area (Å²) in [5, 5.41) is 18.2. The van der Waals surface area contributed by atoms with E-state index in [9.17, 15) is 5.11 Å². The van der Waals surface area contributed by atoms with E-state index in [0.29, 0.717) is 12.5 Å². The molecule has 0 aromatic carbocycles. The maximum Gasteiger partial charge on any atom is 0.0768 e. The van der Waals surface area contributed by atoms with Crippen LogP contribution in [0.3, 0.4) is 0 Å². The fourth-order valence-corrected chi connectivity index (χ4v) is 2.35. The SMILES string of the molecule is CCC(C)C(C)(O)CNCc1c(C)nn(CC)c1C. The Morgan fingerprint density at radius 1 is 1.37 bits per heavy atom. The topological polar surface area (TPSA) is 50.1 Å². The Hall–Kier alpha value is -0.870. The van der Waals surface area contributed by atoms with Gasteiger partial charge in [-0.3, -0.25) is 4.68 Å². The summed E-state index contributed by atoms with van der Waals surface area (Å²) in [6, 6.07) is 0. The van der Waals surface area contributed by atoms with Crippen molar-refractivity contribution < 1.29 is 5.11 Å². The van der Waals surface area contributed by atoms with Crippen LogP contribution in [0.2, 0.25) is 0 Å². The van der Waals surface area contributed by atoms with Crippen molar-refractivity contribution in [2.24, 2.45) is 5.92 Å². The molecule has 2 N–H and O–H groups in total. The van der Waals surface area contributed by atoms with Gasteiger partial charge in [0.05, 0.1) is 11.3 Å². The molecule has 1 aromatic heterocycles. The van der Waals surface area contributed by atoms with Crippen LogP contribution in [0, 0.1) is 19.8 Å². The fourth-order valence-electron chi connectivity index (χ4n) is 2.35. The number of aliphatic hydroxyl groups is 1. The molecule has 0 aliphatic carbocycles.